The van der Waals surface area contributed by atoms with Crippen molar-refractivity contribution in [2.75, 3.05) is 0 Å². The van der Waals surface area contributed by atoms with Crippen LogP contribution in [0.2, 0.25) is 0 Å². The molecule has 17 heavy (non-hydrogen) atoms. The summed E-state index contributed by atoms with van der Waals surface area (Å²) in [6.45, 7) is 0. The van der Waals surface area contributed by atoms with E-state index in [4.69, 9.17) is 10.0 Å². The van der Waals surface area contributed by atoms with Gasteiger partial charge in [0.1, 0.15) is 0 Å². The second-order valence-corrected chi connectivity index (χ2v) is 3.60. The summed E-state index contributed by atoms with van der Waals surface area (Å²) in [4.78, 5) is 11.2. The Bertz CT molecular complexity index is 626. The molecule has 2 aliphatic carbocycles. The molecule has 83 valence electrons. The Balaban J connectivity index is 0.000000329. The number of rotatable bonds is 0. The average molecular weight is 225 g/mol. The zero-order chi connectivity index (χ0) is 12.3. The van der Waals surface area contributed by atoms with E-state index in [0.717, 1.165) is 5.57 Å². The van der Waals surface area contributed by atoms with E-state index in [1.54, 1.807) is 12.2 Å². The minimum absolute atomic E-state index is 0. The molecular weight excluding hydrogens is 215 g/mol. The van der Waals surface area contributed by atoms with Gasteiger partial charge in [-0.2, -0.15) is 0 Å². The van der Waals surface area contributed by atoms with Crippen molar-refractivity contribution in [3.63, 3.8) is 0 Å². The van der Waals surface area contributed by atoms with Crippen molar-refractivity contribution < 1.29 is 14.8 Å². The van der Waals surface area contributed by atoms with E-state index in [1.807, 2.05) is 18.2 Å². The quantitative estimate of drug-likeness (QED) is 0.568. The van der Waals surface area contributed by atoms with Crippen LogP contribution < -0.4 is 10.4 Å². The largest absolute Gasteiger partial charge is 0.482 e. The van der Waals surface area contributed by atoms with E-state index in [-0.39, 0.29) is 13.5 Å². The standard InChI is InChI=1S/C13H8O.BH2O2/c14-11-5-6-13-10(8-11)7-9-3-1-2-4-12(9)13;2-1-3/h1-8H;2-3H. The molecule has 0 aromatic heterocycles. The first-order valence-corrected chi connectivity index (χ1v) is 5.11. The summed E-state index contributed by atoms with van der Waals surface area (Å²) in [6, 6.07) is 8.19. The Morgan fingerprint density at radius 2 is 1.71 bits per heavy atom. The number of ketones is 1. The van der Waals surface area contributed by atoms with Crippen molar-refractivity contribution in [2.45, 2.75) is 0 Å². The third-order valence-corrected chi connectivity index (χ3v) is 2.58. The fourth-order valence-corrected chi connectivity index (χ4v) is 1.94. The van der Waals surface area contributed by atoms with Crippen LogP contribution in [-0.2, 0) is 4.79 Å². The van der Waals surface area contributed by atoms with Gasteiger partial charge < -0.3 is 10.0 Å². The topological polar surface area (TPSA) is 57.5 Å². The molecule has 1 radical (unpaired) electrons. The maximum absolute atomic E-state index is 11.2. The molecule has 4 heteroatoms. The van der Waals surface area contributed by atoms with Gasteiger partial charge in [-0.3, -0.25) is 4.79 Å². The molecule has 0 spiro atoms. The Morgan fingerprint density at radius 1 is 1.00 bits per heavy atom. The van der Waals surface area contributed by atoms with Gasteiger partial charge in [0.25, 0.3) is 0 Å². The molecule has 0 fully saturated rings. The van der Waals surface area contributed by atoms with Crippen molar-refractivity contribution >= 4 is 25.1 Å². The van der Waals surface area contributed by atoms with Crippen molar-refractivity contribution in [3.8, 4) is 0 Å². The number of fused-ring (bicyclic) bond motifs is 2. The van der Waals surface area contributed by atoms with Crippen molar-refractivity contribution in [3.05, 3.63) is 58.5 Å². The lowest BCUT2D eigenvalue weighted by atomic mass is 10.0. The number of allylic oxidation sites excluding steroid dienone is 4. The van der Waals surface area contributed by atoms with E-state index in [9.17, 15) is 4.79 Å². The maximum atomic E-state index is 11.2. The smallest absolute Gasteiger partial charge is 0.429 e. The van der Waals surface area contributed by atoms with Gasteiger partial charge in [0.05, 0.1) is 0 Å². The zero-order valence-electron chi connectivity index (χ0n) is 9.00. The molecule has 0 unspecified atom stereocenters. The van der Waals surface area contributed by atoms with Gasteiger partial charge in [0.2, 0.25) is 0 Å². The predicted octanol–water partition coefficient (Wildman–Crippen LogP) is -0.798. The van der Waals surface area contributed by atoms with Crippen LogP contribution in [0, 0.1) is 0 Å². The molecule has 3 rings (SSSR count). The first kappa shape index (κ1) is 11.6. The molecule has 2 aliphatic rings. The predicted molar refractivity (Wildman–Crippen MR) is 66.0 cm³/mol. The SMILES string of the molecule is O=C1C=CC2=c3ccccc3=CC2=C1.O[B]O. The van der Waals surface area contributed by atoms with E-state index in [1.165, 1.54) is 16.0 Å². The number of hydrogen-bond donors (Lipinski definition) is 2. The first-order valence-electron chi connectivity index (χ1n) is 5.11. The summed E-state index contributed by atoms with van der Waals surface area (Å²) in [5, 5.41) is 16.4. The molecular formula is C13H10BO3. The molecule has 0 bridgehead atoms. The monoisotopic (exact) mass is 225 g/mol. The lowest BCUT2D eigenvalue weighted by Gasteiger charge is -2.02. The number of benzene rings is 1. The number of carbonyl (C=O) groups excluding carboxylic acids is 1. The van der Waals surface area contributed by atoms with Crippen LogP contribution in [0.1, 0.15) is 0 Å². The fourth-order valence-electron chi connectivity index (χ4n) is 1.94. The van der Waals surface area contributed by atoms with Gasteiger partial charge in [-0.05, 0) is 45.9 Å². The van der Waals surface area contributed by atoms with Gasteiger partial charge in [-0.25, -0.2) is 0 Å². The Labute approximate surface area is 99.0 Å². The molecule has 0 aliphatic heterocycles. The summed E-state index contributed by atoms with van der Waals surface area (Å²) in [5.74, 6) is 0.0767. The highest BCUT2D eigenvalue weighted by molar-refractivity contribution is 6.13. The van der Waals surface area contributed by atoms with Crippen LogP contribution in [0.4, 0.5) is 0 Å². The molecule has 0 heterocycles. The fraction of sp³-hybridized carbons (Fsp3) is 0. The molecule has 0 saturated heterocycles. The Morgan fingerprint density at radius 3 is 2.47 bits per heavy atom. The Kier molecular flexibility index (Phi) is 3.37. The van der Waals surface area contributed by atoms with Gasteiger partial charge in [0.15, 0.2) is 5.78 Å². The van der Waals surface area contributed by atoms with Crippen LogP contribution in [0.5, 0.6) is 0 Å². The third-order valence-electron chi connectivity index (χ3n) is 2.58. The van der Waals surface area contributed by atoms with E-state index in [0.29, 0.717) is 0 Å². The Hall–Kier alpha value is -1.91. The van der Waals surface area contributed by atoms with E-state index >= 15 is 0 Å². The highest BCUT2D eigenvalue weighted by Gasteiger charge is 2.12. The van der Waals surface area contributed by atoms with Gasteiger partial charge in [0, 0.05) is 0 Å². The summed E-state index contributed by atoms with van der Waals surface area (Å²) < 4.78 is 0. The minimum Gasteiger partial charge on any atom is -0.429 e. The normalized spacial score (nSPS) is 15.1. The lowest BCUT2D eigenvalue weighted by molar-refractivity contribution is -0.110. The molecule has 0 amide bonds. The van der Waals surface area contributed by atoms with Crippen molar-refractivity contribution in [1.29, 1.82) is 0 Å². The average Bonchev–Trinajstić information content (AvgIpc) is 2.67. The van der Waals surface area contributed by atoms with Crippen LogP contribution >= 0.6 is 0 Å². The number of carbonyl (C=O) groups is 1. The molecule has 1 aromatic rings. The van der Waals surface area contributed by atoms with E-state index < -0.39 is 0 Å². The summed E-state index contributed by atoms with van der Waals surface area (Å²) >= 11 is 0. The van der Waals surface area contributed by atoms with E-state index in [2.05, 4.69) is 18.2 Å². The summed E-state index contributed by atoms with van der Waals surface area (Å²) in [7, 11) is 0. The van der Waals surface area contributed by atoms with Crippen molar-refractivity contribution in [1.82, 2.24) is 0 Å². The molecule has 0 atom stereocenters. The summed E-state index contributed by atoms with van der Waals surface area (Å²) in [6.07, 6.45) is 7.27. The molecule has 2 N–H and O–H groups in total. The van der Waals surface area contributed by atoms with Crippen LogP contribution in [-0.4, -0.2) is 23.5 Å². The van der Waals surface area contributed by atoms with Crippen LogP contribution in [0.3, 0.4) is 0 Å². The second-order valence-electron chi connectivity index (χ2n) is 3.60. The zero-order valence-corrected chi connectivity index (χ0v) is 9.00. The third kappa shape index (κ3) is 2.28. The van der Waals surface area contributed by atoms with Crippen LogP contribution in [0.15, 0.2) is 48.1 Å². The lowest BCUT2D eigenvalue weighted by Crippen LogP contribution is -2.21. The first-order chi connectivity index (χ1) is 8.26. The summed E-state index contributed by atoms with van der Waals surface area (Å²) in [5.41, 5.74) is 2.21. The molecule has 0 saturated carbocycles. The van der Waals surface area contributed by atoms with Crippen molar-refractivity contribution in [2.24, 2.45) is 0 Å². The molecule has 1 aromatic carbocycles. The molecule has 3 nitrogen and oxygen atoms in total. The minimum atomic E-state index is 0. The van der Waals surface area contributed by atoms with Gasteiger partial charge in [-0.15, -0.1) is 0 Å². The van der Waals surface area contributed by atoms with Gasteiger partial charge in [-0.1, -0.05) is 24.3 Å². The highest BCUT2D eigenvalue weighted by Crippen LogP contribution is 2.19. The van der Waals surface area contributed by atoms with Crippen LogP contribution in [0.25, 0.3) is 11.6 Å². The highest BCUT2D eigenvalue weighted by atomic mass is 16.4. The maximum Gasteiger partial charge on any atom is 0.482 e. The second kappa shape index (κ2) is 4.95. The van der Waals surface area contributed by atoms with Gasteiger partial charge >= 0.3 is 7.69 Å². The number of hydrogen-bond acceptors (Lipinski definition) is 3.